The Bertz CT molecular complexity index is 995. The number of fused-ring (bicyclic) bond motifs is 7. The Kier molecular flexibility index (Phi) is 4.99. The minimum Gasteiger partial charge on any atom is -0.394 e. The Hall–Kier alpha value is -2.36. The van der Waals surface area contributed by atoms with E-state index in [0.29, 0.717) is 0 Å². The molecule has 6 aliphatic rings. The van der Waals surface area contributed by atoms with E-state index in [1.165, 1.54) is 9.80 Å². The molecule has 5 heterocycles. The van der Waals surface area contributed by atoms with Gasteiger partial charge in [-0.2, -0.15) is 0 Å². The van der Waals surface area contributed by atoms with Crippen molar-refractivity contribution in [2.45, 2.75) is 75.6 Å². The first kappa shape index (κ1) is 23.1. The summed E-state index contributed by atoms with van der Waals surface area (Å²) in [5.74, 6) is -1.26. The molecular weight excluding hydrogens is 468 g/mol. The average Bonchev–Trinajstić information content (AvgIpc) is 3.38. The van der Waals surface area contributed by atoms with Crippen LogP contribution in [0.15, 0.2) is 0 Å². The van der Waals surface area contributed by atoms with Gasteiger partial charge in [-0.3, -0.25) is 30.0 Å². The van der Waals surface area contributed by atoms with Crippen LogP contribution in [0.3, 0.4) is 0 Å². The Morgan fingerprint density at radius 1 is 0.914 bits per heavy atom. The topological polar surface area (TPSA) is 176 Å². The second-order valence-corrected chi connectivity index (χ2v) is 10.3. The molecule has 14 nitrogen and oxygen atoms in total. The van der Waals surface area contributed by atoms with Gasteiger partial charge in [0.1, 0.15) is 31.5 Å². The summed E-state index contributed by atoms with van der Waals surface area (Å²) in [5, 5.41) is 25.1. The Balaban J connectivity index is 1.48. The number of imide groups is 2. The van der Waals surface area contributed by atoms with Crippen LogP contribution in [-0.4, -0.2) is 113 Å². The van der Waals surface area contributed by atoms with Gasteiger partial charge in [-0.25, -0.2) is 9.59 Å². The molecule has 0 radical (unpaired) electrons. The van der Waals surface area contributed by atoms with Gasteiger partial charge in [-0.15, -0.1) is 0 Å². The lowest BCUT2D eigenvalue weighted by molar-refractivity contribution is -0.243. The molecule has 35 heavy (non-hydrogen) atoms. The predicted octanol–water partition coefficient (Wildman–Crippen LogP) is -2.19. The van der Waals surface area contributed by atoms with Crippen molar-refractivity contribution in [3.8, 4) is 0 Å². The third kappa shape index (κ3) is 2.80. The van der Waals surface area contributed by atoms with Crippen molar-refractivity contribution < 1.29 is 48.3 Å². The highest BCUT2D eigenvalue weighted by Gasteiger charge is 2.82. The van der Waals surface area contributed by atoms with Crippen molar-refractivity contribution in [3.05, 3.63) is 0 Å². The quantitative estimate of drug-likeness (QED) is 0.312. The van der Waals surface area contributed by atoms with E-state index in [1.807, 2.05) is 0 Å². The number of aliphatic hydroxyl groups is 2. The van der Waals surface area contributed by atoms with Crippen LogP contribution < -0.4 is 10.6 Å². The van der Waals surface area contributed by atoms with Gasteiger partial charge in [0.15, 0.2) is 0 Å². The van der Waals surface area contributed by atoms with Gasteiger partial charge >= 0.3 is 12.1 Å². The van der Waals surface area contributed by atoms with E-state index < -0.39 is 83.7 Å². The third-order valence-electron chi connectivity index (χ3n) is 8.85. The maximum atomic E-state index is 13.2. The van der Waals surface area contributed by atoms with Crippen molar-refractivity contribution in [2.24, 2.45) is 10.8 Å². The van der Waals surface area contributed by atoms with Gasteiger partial charge in [0.25, 0.3) is 0 Å². The van der Waals surface area contributed by atoms with Crippen LogP contribution in [-0.2, 0) is 28.5 Å². The first-order valence-corrected chi connectivity index (χ1v) is 11.7. The number of hydrogen-bond acceptors (Lipinski definition) is 10. The largest absolute Gasteiger partial charge is 0.394 e. The number of aliphatic hydroxyl groups excluding tert-OH is 2. The molecule has 2 unspecified atom stereocenters. The third-order valence-corrected chi connectivity index (χ3v) is 8.85. The van der Waals surface area contributed by atoms with Gasteiger partial charge in [-0.05, 0) is 13.8 Å². The summed E-state index contributed by atoms with van der Waals surface area (Å²) in [6.07, 6.45) is -4.68. The number of nitrogens with zero attached hydrogens (tertiary/aromatic N) is 2. The standard InChI is InChI=1S/C21H28N4O10/c1-20-14-15-21(20,2)17(29)23-19(31)25(15)13-4-9(10(5-26)34-13)33-7-32-6-11-8(27)3-12(35-11)24(14)18(30)22-16(20)28/h8-15,26-27H,3-7H2,1-2H3,(H,22,28,30)(H,23,29,31)/t8-,9-,10+,11+,12+,13+,14?,15?,20-,21+/m0/s1. The van der Waals surface area contributed by atoms with Gasteiger partial charge < -0.3 is 29.2 Å². The monoisotopic (exact) mass is 496 g/mol. The second kappa shape index (κ2) is 7.57. The van der Waals surface area contributed by atoms with Crippen LogP contribution in [0.1, 0.15) is 26.7 Å². The van der Waals surface area contributed by atoms with Gasteiger partial charge in [-0.1, -0.05) is 0 Å². The number of carbonyl (C=O) groups excluding carboxylic acids is 4. The van der Waals surface area contributed by atoms with E-state index in [2.05, 4.69) is 10.6 Å². The molecule has 10 atom stereocenters. The zero-order valence-electron chi connectivity index (χ0n) is 19.2. The summed E-state index contributed by atoms with van der Waals surface area (Å²) in [4.78, 5) is 55.4. The highest BCUT2D eigenvalue weighted by Crippen LogP contribution is 2.64. The molecule has 0 aromatic rings. The zero-order chi connectivity index (χ0) is 24.9. The number of hydrogen-bond donors (Lipinski definition) is 4. The molecule has 0 spiro atoms. The molecule has 0 aromatic carbocycles. The first-order valence-electron chi connectivity index (χ1n) is 11.7. The number of amides is 6. The molecule has 5 saturated heterocycles. The average molecular weight is 496 g/mol. The van der Waals surface area contributed by atoms with Gasteiger partial charge in [0.05, 0.1) is 48.3 Å². The van der Waals surface area contributed by atoms with Crippen molar-refractivity contribution in [2.75, 3.05) is 20.0 Å². The summed E-state index contributed by atoms with van der Waals surface area (Å²) < 4.78 is 23.2. The number of ether oxygens (including phenoxy) is 4. The highest BCUT2D eigenvalue weighted by molar-refractivity contribution is 6.10. The second-order valence-electron chi connectivity index (χ2n) is 10.3. The number of nitrogens with one attached hydrogen (secondary N) is 2. The first-order chi connectivity index (χ1) is 16.6. The molecule has 6 amide bonds. The van der Waals surface area contributed by atoms with Crippen molar-refractivity contribution >= 4 is 23.9 Å². The minimum atomic E-state index is -1.40. The van der Waals surface area contributed by atoms with Crippen LogP contribution >= 0.6 is 0 Å². The van der Waals surface area contributed by atoms with Crippen LogP contribution in [0, 0.1) is 10.8 Å². The summed E-state index contributed by atoms with van der Waals surface area (Å²) in [5.41, 5.74) is -2.80. The molecule has 14 heteroatoms. The molecule has 4 bridgehead atoms. The van der Waals surface area contributed by atoms with Crippen LogP contribution in [0.5, 0.6) is 0 Å². The molecule has 5 aliphatic heterocycles. The zero-order valence-corrected chi connectivity index (χ0v) is 19.2. The summed E-state index contributed by atoms with van der Waals surface area (Å²) in [7, 11) is 0. The number of urea groups is 2. The van der Waals surface area contributed by atoms with Crippen LogP contribution in [0.4, 0.5) is 9.59 Å². The van der Waals surface area contributed by atoms with Gasteiger partial charge in [0.2, 0.25) is 11.8 Å². The molecule has 4 N–H and O–H groups in total. The van der Waals surface area contributed by atoms with E-state index in [9.17, 15) is 29.4 Å². The lowest BCUT2D eigenvalue weighted by atomic mass is 9.42. The molecular formula is C21H28N4O10. The van der Waals surface area contributed by atoms with E-state index in [4.69, 9.17) is 18.9 Å². The van der Waals surface area contributed by atoms with Crippen molar-refractivity contribution in [1.82, 2.24) is 20.4 Å². The Morgan fingerprint density at radius 2 is 1.49 bits per heavy atom. The molecule has 1 aliphatic carbocycles. The molecule has 6 fully saturated rings. The fraction of sp³-hybridized carbons (Fsp3) is 0.810. The van der Waals surface area contributed by atoms with Crippen LogP contribution in [0.2, 0.25) is 0 Å². The smallest absolute Gasteiger partial charge is 0.326 e. The lowest BCUT2D eigenvalue weighted by Gasteiger charge is -2.72. The highest BCUT2D eigenvalue weighted by atomic mass is 16.7. The lowest BCUT2D eigenvalue weighted by Crippen LogP contribution is -2.92. The van der Waals surface area contributed by atoms with Crippen molar-refractivity contribution in [3.63, 3.8) is 0 Å². The SMILES string of the molecule is C[C@]12C(=O)NC(=O)N3C1C1N(C(=O)NC(=O)[C@]12C)[C@H]1C[C@H](O)[C@@H](COCO[C@H]2C[C@H]3O[C@@H]2CO)O1. The Morgan fingerprint density at radius 3 is 2.06 bits per heavy atom. The molecule has 0 aromatic heterocycles. The Labute approximate surface area is 199 Å². The molecule has 1 saturated carbocycles. The van der Waals surface area contributed by atoms with Gasteiger partial charge in [0, 0.05) is 12.8 Å². The summed E-state index contributed by atoms with van der Waals surface area (Å²) >= 11 is 0. The van der Waals surface area contributed by atoms with E-state index in [1.54, 1.807) is 13.8 Å². The predicted molar refractivity (Wildman–Crippen MR) is 110 cm³/mol. The normalized spacial score (nSPS) is 49.1. The molecule has 6 rings (SSSR count). The maximum absolute atomic E-state index is 13.2. The molecule has 192 valence electrons. The van der Waals surface area contributed by atoms with Crippen LogP contribution in [0.25, 0.3) is 0 Å². The van der Waals surface area contributed by atoms with E-state index >= 15 is 0 Å². The fourth-order valence-electron chi connectivity index (χ4n) is 6.75. The summed E-state index contributed by atoms with van der Waals surface area (Å²) in [6.45, 7) is 2.62. The minimum absolute atomic E-state index is 0.0110. The summed E-state index contributed by atoms with van der Waals surface area (Å²) in [6, 6.07) is -3.31. The number of carbonyl (C=O) groups is 4. The van der Waals surface area contributed by atoms with E-state index in [0.717, 1.165) is 0 Å². The fourth-order valence-corrected chi connectivity index (χ4v) is 6.75. The maximum Gasteiger partial charge on any atom is 0.326 e. The van der Waals surface area contributed by atoms with Crippen molar-refractivity contribution in [1.29, 1.82) is 0 Å². The van der Waals surface area contributed by atoms with E-state index in [-0.39, 0.29) is 32.8 Å². The number of rotatable bonds is 1.